The second kappa shape index (κ2) is 8.82. The van der Waals surface area contributed by atoms with Gasteiger partial charge in [-0.3, -0.25) is 23.7 Å². The molecule has 0 fully saturated rings. The van der Waals surface area contributed by atoms with Gasteiger partial charge in [-0.25, -0.2) is 9.59 Å². The second-order valence-corrected chi connectivity index (χ2v) is 6.60. The quantitative estimate of drug-likeness (QED) is 0.529. The average molecular weight is 417 g/mol. The van der Waals surface area contributed by atoms with Crippen LogP contribution in [0.1, 0.15) is 13.3 Å². The zero-order valence-corrected chi connectivity index (χ0v) is 16.7. The average Bonchev–Trinajstić information content (AvgIpc) is 3.02. The Labute approximate surface area is 170 Å². The van der Waals surface area contributed by atoms with Crippen LogP contribution in [0, 0.1) is 0 Å². The van der Waals surface area contributed by atoms with E-state index in [0.29, 0.717) is 17.5 Å². The van der Waals surface area contributed by atoms with Gasteiger partial charge in [0.15, 0.2) is 11.3 Å². The molecule has 11 heteroatoms. The van der Waals surface area contributed by atoms with Crippen LogP contribution in [-0.4, -0.2) is 40.3 Å². The maximum absolute atomic E-state index is 13.1. The van der Waals surface area contributed by atoms with Gasteiger partial charge in [0.25, 0.3) is 5.56 Å². The molecule has 0 atom stereocenters. The maximum atomic E-state index is 13.1. The number of aromatic nitrogens is 3. The zero-order chi connectivity index (χ0) is 21.8. The van der Waals surface area contributed by atoms with E-state index >= 15 is 0 Å². The molecule has 3 rings (SSSR count). The van der Waals surface area contributed by atoms with Crippen molar-refractivity contribution in [3.63, 3.8) is 0 Å². The van der Waals surface area contributed by atoms with Crippen LogP contribution in [0.25, 0.3) is 11.1 Å². The number of benzene rings is 1. The molecule has 0 unspecified atom stereocenters. The van der Waals surface area contributed by atoms with Crippen LogP contribution in [0.15, 0.2) is 43.1 Å². The Morgan fingerprint density at radius 2 is 1.97 bits per heavy atom. The highest BCUT2D eigenvalue weighted by Gasteiger charge is 2.25. The Bertz CT molecular complexity index is 1230. The number of aromatic amines is 1. The van der Waals surface area contributed by atoms with Crippen LogP contribution < -0.4 is 27.6 Å². The molecule has 0 spiro atoms. The molecule has 2 aromatic heterocycles. The van der Waals surface area contributed by atoms with E-state index in [9.17, 15) is 19.2 Å². The normalized spacial score (nSPS) is 11.1. The molecule has 0 saturated carbocycles. The van der Waals surface area contributed by atoms with Crippen molar-refractivity contribution < 1.29 is 13.9 Å². The number of nitrogen functional groups attached to an aromatic ring is 1. The van der Waals surface area contributed by atoms with Crippen LogP contribution in [0.5, 0.6) is 0 Å². The van der Waals surface area contributed by atoms with Crippen molar-refractivity contribution in [2.45, 2.75) is 26.4 Å². The maximum Gasteiger partial charge on any atom is 0.420 e. The Hall–Kier alpha value is -3.60. The molecule has 0 bridgehead atoms. The lowest BCUT2D eigenvalue weighted by Crippen LogP contribution is -2.44. The molecule has 3 aromatic rings. The minimum atomic E-state index is -0.793. The lowest BCUT2D eigenvalue weighted by atomic mass is 10.3. The van der Waals surface area contributed by atoms with Gasteiger partial charge in [0, 0.05) is 20.2 Å². The first-order valence-electron chi connectivity index (χ1n) is 9.39. The van der Waals surface area contributed by atoms with E-state index in [1.807, 2.05) is 6.92 Å². The van der Waals surface area contributed by atoms with Crippen molar-refractivity contribution in [2.75, 3.05) is 30.9 Å². The third-order valence-electron chi connectivity index (χ3n) is 4.62. The van der Waals surface area contributed by atoms with Gasteiger partial charge in [-0.15, -0.1) is 0 Å². The number of hydrogen-bond donors (Lipinski definition) is 2. The predicted molar refractivity (Wildman–Crippen MR) is 111 cm³/mol. The molecule has 1 amide bonds. The molecule has 0 aliphatic rings. The SMILES string of the molecule is CCCn1c(N)c(N(CCOC)C(=O)Cn2c(=O)oc3ccccc32)c(=O)[nH]c1=O. The summed E-state index contributed by atoms with van der Waals surface area (Å²) in [5.74, 6) is -1.41. The van der Waals surface area contributed by atoms with E-state index in [1.165, 1.54) is 16.2 Å². The van der Waals surface area contributed by atoms with Crippen LogP contribution >= 0.6 is 0 Å². The summed E-state index contributed by atoms with van der Waals surface area (Å²) in [6.07, 6.45) is 0.595. The Morgan fingerprint density at radius 3 is 2.67 bits per heavy atom. The Morgan fingerprint density at radius 1 is 1.23 bits per heavy atom. The fourth-order valence-corrected chi connectivity index (χ4v) is 3.21. The third-order valence-corrected chi connectivity index (χ3v) is 4.62. The summed E-state index contributed by atoms with van der Waals surface area (Å²) in [7, 11) is 1.45. The first-order chi connectivity index (χ1) is 14.4. The molecule has 0 aliphatic heterocycles. The van der Waals surface area contributed by atoms with Gasteiger partial charge < -0.3 is 19.8 Å². The fourth-order valence-electron chi connectivity index (χ4n) is 3.21. The smallest absolute Gasteiger partial charge is 0.408 e. The number of hydrogen-bond acceptors (Lipinski definition) is 7. The van der Waals surface area contributed by atoms with Gasteiger partial charge in [-0.1, -0.05) is 19.1 Å². The second-order valence-electron chi connectivity index (χ2n) is 6.60. The van der Waals surface area contributed by atoms with Gasteiger partial charge in [0.05, 0.1) is 12.1 Å². The number of oxazole rings is 1. The van der Waals surface area contributed by atoms with Gasteiger partial charge in [-0.05, 0) is 18.6 Å². The van der Waals surface area contributed by atoms with E-state index in [0.717, 1.165) is 4.90 Å². The number of H-pyrrole nitrogens is 1. The Kier molecular flexibility index (Phi) is 6.21. The number of nitrogens with two attached hydrogens (primary N) is 1. The molecule has 2 heterocycles. The van der Waals surface area contributed by atoms with Crippen molar-refractivity contribution in [1.29, 1.82) is 0 Å². The number of fused-ring (bicyclic) bond motifs is 1. The number of carbonyl (C=O) groups excluding carboxylic acids is 1. The predicted octanol–water partition coefficient (Wildman–Crippen LogP) is 0.116. The number of carbonyl (C=O) groups is 1. The summed E-state index contributed by atoms with van der Waals surface area (Å²) in [5, 5.41) is 0. The first-order valence-corrected chi connectivity index (χ1v) is 9.39. The highest BCUT2D eigenvalue weighted by Crippen LogP contribution is 2.18. The minimum Gasteiger partial charge on any atom is -0.408 e. The molecule has 0 radical (unpaired) electrons. The van der Waals surface area contributed by atoms with Gasteiger partial charge in [-0.2, -0.15) is 0 Å². The monoisotopic (exact) mass is 417 g/mol. The summed E-state index contributed by atoms with van der Waals surface area (Å²) in [5.41, 5.74) is 5.27. The highest BCUT2D eigenvalue weighted by atomic mass is 16.5. The van der Waals surface area contributed by atoms with E-state index in [4.69, 9.17) is 14.9 Å². The number of anilines is 2. The molecule has 3 N–H and O–H groups in total. The van der Waals surface area contributed by atoms with E-state index in [1.54, 1.807) is 24.3 Å². The van der Waals surface area contributed by atoms with Crippen LogP contribution in [0.2, 0.25) is 0 Å². The number of rotatable bonds is 8. The molecule has 11 nitrogen and oxygen atoms in total. The number of nitrogens with one attached hydrogen (secondary N) is 1. The summed E-state index contributed by atoms with van der Waals surface area (Å²) in [6, 6.07) is 6.68. The third kappa shape index (κ3) is 3.92. The molecule has 160 valence electrons. The van der Waals surface area contributed by atoms with Crippen LogP contribution in [-0.2, 0) is 22.6 Å². The van der Waals surface area contributed by atoms with E-state index in [-0.39, 0.29) is 37.7 Å². The lowest BCUT2D eigenvalue weighted by molar-refractivity contribution is -0.119. The molecule has 30 heavy (non-hydrogen) atoms. The highest BCUT2D eigenvalue weighted by molar-refractivity contribution is 5.96. The van der Waals surface area contributed by atoms with Gasteiger partial charge in [0.2, 0.25) is 5.91 Å². The molecular weight excluding hydrogens is 394 g/mol. The number of methoxy groups -OCH3 is 1. The molecule has 1 aromatic carbocycles. The molecule has 0 saturated heterocycles. The van der Waals surface area contributed by atoms with Crippen molar-refractivity contribution in [3.8, 4) is 0 Å². The summed E-state index contributed by atoms with van der Waals surface area (Å²) < 4.78 is 12.6. The standard InChI is InChI=1S/C19H23N5O6/c1-3-8-23-16(20)15(17(26)21-18(23)27)22(9-10-29-2)14(25)11-24-12-6-4-5-7-13(12)30-19(24)28/h4-7H,3,8-11,20H2,1-2H3,(H,21,26,27). The molecule has 0 aliphatic carbocycles. The number of para-hydroxylation sites is 2. The summed E-state index contributed by atoms with van der Waals surface area (Å²) in [6.45, 7) is 1.84. The van der Waals surface area contributed by atoms with E-state index < -0.39 is 22.9 Å². The topological polar surface area (TPSA) is 146 Å². The summed E-state index contributed by atoms with van der Waals surface area (Å²) in [4.78, 5) is 53.3. The van der Waals surface area contributed by atoms with Crippen molar-refractivity contribution >= 4 is 28.5 Å². The number of amides is 1. The van der Waals surface area contributed by atoms with Crippen LogP contribution in [0.4, 0.5) is 11.5 Å². The first kappa shape index (κ1) is 21.1. The van der Waals surface area contributed by atoms with Crippen molar-refractivity contribution in [2.24, 2.45) is 0 Å². The molecular formula is C19H23N5O6. The number of nitrogens with zero attached hydrogens (tertiary/aromatic N) is 3. The lowest BCUT2D eigenvalue weighted by Gasteiger charge is -2.24. The van der Waals surface area contributed by atoms with Crippen molar-refractivity contribution in [1.82, 2.24) is 14.1 Å². The Balaban J connectivity index is 2.07. The van der Waals surface area contributed by atoms with Crippen molar-refractivity contribution in [3.05, 3.63) is 55.7 Å². The zero-order valence-electron chi connectivity index (χ0n) is 16.7. The van der Waals surface area contributed by atoms with Gasteiger partial charge in [0.1, 0.15) is 12.4 Å². The number of ether oxygens (including phenoxy) is 1. The summed E-state index contributed by atoms with van der Waals surface area (Å²) >= 11 is 0. The minimum absolute atomic E-state index is 0.00250. The largest absolute Gasteiger partial charge is 0.420 e. The van der Waals surface area contributed by atoms with Gasteiger partial charge >= 0.3 is 11.4 Å². The van der Waals surface area contributed by atoms with E-state index in [2.05, 4.69) is 4.98 Å². The fraction of sp³-hybridized carbons (Fsp3) is 0.368. The van der Waals surface area contributed by atoms with Crippen LogP contribution in [0.3, 0.4) is 0 Å².